The second-order valence-corrected chi connectivity index (χ2v) is 9.33. The van der Waals surface area contributed by atoms with Gasteiger partial charge in [0.1, 0.15) is 17.2 Å². The number of phenolic OH excluding ortho intramolecular Hbond substituents is 1. The topological polar surface area (TPSA) is 67.2 Å². The maximum Gasteiger partial charge on any atom is 0.232 e. The van der Waals surface area contributed by atoms with Crippen LogP contribution >= 0.6 is 11.6 Å². The molecule has 1 aromatic heterocycles. The standard InChI is InChI=1S/C26H28ClN3O4/c1-16-18(14-25-26(32)20-13-21(27)23(31)15-24(20)34-25)19-12-17(33-3)4-5-22(19)30(16)11-10-29-8-6-28(2)7-9-29/h4-5,12-15,31H,6-11H2,1-3H3/b25-14-. The molecule has 2 aliphatic rings. The lowest BCUT2D eigenvalue weighted by Crippen LogP contribution is -2.45. The van der Waals surface area contributed by atoms with Crippen molar-refractivity contribution in [2.24, 2.45) is 0 Å². The van der Waals surface area contributed by atoms with E-state index in [1.807, 2.05) is 12.1 Å². The van der Waals surface area contributed by atoms with Gasteiger partial charge in [-0.2, -0.15) is 0 Å². The third-order valence-electron chi connectivity index (χ3n) is 6.83. The van der Waals surface area contributed by atoms with Gasteiger partial charge in [0.05, 0.1) is 17.7 Å². The van der Waals surface area contributed by atoms with Gasteiger partial charge in [-0.15, -0.1) is 0 Å². The van der Waals surface area contributed by atoms with Crippen LogP contribution in [0.5, 0.6) is 17.2 Å². The summed E-state index contributed by atoms with van der Waals surface area (Å²) < 4.78 is 13.6. The highest BCUT2D eigenvalue weighted by molar-refractivity contribution is 6.33. The number of ketones is 1. The third kappa shape index (κ3) is 4.04. The molecule has 0 saturated carbocycles. The van der Waals surface area contributed by atoms with Crippen molar-refractivity contribution in [3.63, 3.8) is 0 Å². The summed E-state index contributed by atoms with van der Waals surface area (Å²) >= 11 is 6.01. The Bertz CT molecular complexity index is 1310. The number of ether oxygens (including phenoxy) is 2. The zero-order valence-corrected chi connectivity index (χ0v) is 20.4. The number of carbonyl (C=O) groups excluding carboxylic acids is 1. The van der Waals surface area contributed by atoms with E-state index in [0.717, 1.165) is 67.2 Å². The largest absolute Gasteiger partial charge is 0.506 e. The number of aromatic hydroxyl groups is 1. The van der Waals surface area contributed by atoms with Gasteiger partial charge >= 0.3 is 0 Å². The number of hydrogen-bond donors (Lipinski definition) is 1. The zero-order chi connectivity index (χ0) is 24.0. The number of methoxy groups -OCH3 is 1. The summed E-state index contributed by atoms with van der Waals surface area (Å²) in [5, 5.41) is 11.0. The van der Waals surface area contributed by atoms with Gasteiger partial charge in [0.15, 0.2) is 5.76 Å². The monoisotopic (exact) mass is 481 g/mol. The minimum Gasteiger partial charge on any atom is -0.506 e. The van der Waals surface area contributed by atoms with E-state index < -0.39 is 0 Å². The summed E-state index contributed by atoms with van der Waals surface area (Å²) in [5.74, 6) is 0.906. The van der Waals surface area contributed by atoms with Crippen molar-refractivity contribution in [1.29, 1.82) is 0 Å². The molecule has 2 aromatic carbocycles. The number of rotatable bonds is 5. The second kappa shape index (κ2) is 8.98. The van der Waals surface area contributed by atoms with Gasteiger partial charge in [0, 0.05) is 67.5 Å². The minimum absolute atomic E-state index is 0.115. The number of Topliss-reactive ketones (excluding diaryl/α,β-unsaturated/α-hetero) is 1. The Morgan fingerprint density at radius 1 is 1.15 bits per heavy atom. The van der Waals surface area contributed by atoms with Crippen molar-refractivity contribution in [1.82, 2.24) is 14.4 Å². The van der Waals surface area contributed by atoms with Crippen LogP contribution in [-0.2, 0) is 6.54 Å². The van der Waals surface area contributed by atoms with Crippen LogP contribution in [0.1, 0.15) is 21.6 Å². The molecule has 5 rings (SSSR count). The molecule has 0 bridgehead atoms. The number of carbonyl (C=O) groups is 1. The average molecular weight is 482 g/mol. The van der Waals surface area contributed by atoms with E-state index in [0.29, 0.717) is 11.3 Å². The minimum atomic E-state index is -0.252. The van der Waals surface area contributed by atoms with Crippen LogP contribution in [-0.4, -0.2) is 72.1 Å². The van der Waals surface area contributed by atoms with Gasteiger partial charge in [-0.1, -0.05) is 11.6 Å². The molecule has 0 atom stereocenters. The molecule has 3 heterocycles. The predicted molar refractivity (Wildman–Crippen MR) is 133 cm³/mol. The van der Waals surface area contributed by atoms with Gasteiger partial charge in [-0.3, -0.25) is 9.69 Å². The van der Waals surface area contributed by atoms with Crippen molar-refractivity contribution < 1.29 is 19.4 Å². The van der Waals surface area contributed by atoms with E-state index in [2.05, 4.69) is 34.4 Å². The predicted octanol–water partition coefficient (Wildman–Crippen LogP) is 4.18. The lowest BCUT2D eigenvalue weighted by Gasteiger charge is -2.32. The van der Waals surface area contributed by atoms with E-state index in [-0.39, 0.29) is 22.3 Å². The van der Waals surface area contributed by atoms with Crippen LogP contribution in [0.3, 0.4) is 0 Å². The molecule has 0 amide bonds. The Balaban J connectivity index is 1.52. The number of phenols is 1. The fraction of sp³-hybridized carbons (Fsp3) is 0.346. The molecule has 3 aromatic rings. The Kier molecular flexibility index (Phi) is 6.02. The Morgan fingerprint density at radius 3 is 2.65 bits per heavy atom. The first-order valence-corrected chi connectivity index (χ1v) is 11.8. The fourth-order valence-corrected chi connectivity index (χ4v) is 4.89. The van der Waals surface area contributed by atoms with Crippen LogP contribution in [0, 0.1) is 6.92 Å². The summed E-state index contributed by atoms with van der Waals surface area (Å²) in [6, 6.07) is 8.85. The maximum atomic E-state index is 13.0. The van der Waals surface area contributed by atoms with Crippen molar-refractivity contribution in [2.75, 3.05) is 46.9 Å². The highest BCUT2D eigenvalue weighted by Gasteiger charge is 2.30. The first-order valence-electron chi connectivity index (χ1n) is 11.4. The summed E-state index contributed by atoms with van der Waals surface area (Å²) in [7, 11) is 3.81. The van der Waals surface area contributed by atoms with E-state index in [1.54, 1.807) is 13.2 Å². The van der Waals surface area contributed by atoms with Crippen molar-refractivity contribution in [2.45, 2.75) is 13.5 Å². The molecule has 0 radical (unpaired) electrons. The quantitative estimate of drug-likeness (QED) is 0.551. The number of nitrogens with zero attached hydrogens (tertiary/aromatic N) is 3. The number of likely N-dealkylation sites (N-methyl/N-ethyl adjacent to an activating group) is 1. The highest BCUT2D eigenvalue weighted by atomic mass is 35.5. The van der Waals surface area contributed by atoms with E-state index in [4.69, 9.17) is 21.1 Å². The third-order valence-corrected chi connectivity index (χ3v) is 7.13. The molecule has 2 aliphatic heterocycles. The van der Waals surface area contributed by atoms with Crippen LogP contribution < -0.4 is 9.47 Å². The molecule has 178 valence electrons. The van der Waals surface area contributed by atoms with E-state index >= 15 is 0 Å². The highest BCUT2D eigenvalue weighted by Crippen LogP contribution is 2.40. The maximum absolute atomic E-state index is 13.0. The molecule has 34 heavy (non-hydrogen) atoms. The van der Waals surface area contributed by atoms with Crippen LogP contribution in [0.15, 0.2) is 36.1 Å². The number of piperazine rings is 1. The van der Waals surface area contributed by atoms with Gasteiger partial charge in [-0.05, 0) is 44.3 Å². The van der Waals surface area contributed by atoms with Gasteiger partial charge in [0.2, 0.25) is 5.78 Å². The molecule has 1 saturated heterocycles. The van der Waals surface area contributed by atoms with Crippen LogP contribution in [0.2, 0.25) is 5.02 Å². The van der Waals surface area contributed by atoms with Crippen molar-refractivity contribution in [3.05, 3.63) is 57.9 Å². The number of fused-ring (bicyclic) bond motifs is 2. The van der Waals surface area contributed by atoms with Crippen LogP contribution in [0.4, 0.5) is 0 Å². The molecule has 7 nitrogen and oxygen atoms in total. The van der Waals surface area contributed by atoms with Gasteiger partial charge in [-0.25, -0.2) is 0 Å². The number of hydrogen-bond acceptors (Lipinski definition) is 6. The smallest absolute Gasteiger partial charge is 0.232 e. The summed E-state index contributed by atoms with van der Waals surface area (Å²) in [6.45, 7) is 8.17. The lowest BCUT2D eigenvalue weighted by atomic mass is 10.1. The fourth-order valence-electron chi connectivity index (χ4n) is 4.73. The molecule has 8 heteroatoms. The number of allylic oxidation sites excluding steroid dienone is 1. The Morgan fingerprint density at radius 2 is 1.91 bits per heavy atom. The SMILES string of the molecule is COc1ccc2c(c1)c(/C=C1\Oc3cc(O)c(Cl)cc3C1=O)c(C)n2CCN1CCN(C)CC1. The molecule has 0 spiro atoms. The van der Waals surface area contributed by atoms with Crippen LogP contribution in [0.25, 0.3) is 17.0 Å². The molecule has 0 aliphatic carbocycles. The summed E-state index contributed by atoms with van der Waals surface area (Å²) in [5.41, 5.74) is 3.41. The van der Waals surface area contributed by atoms with Gasteiger partial charge < -0.3 is 24.0 Å². The number of aromatic nitrogens is 1. The molecule has 1 N–H and O–H groups in total. The number of benzene rings is 2. The molecule has 1 fully saturated rings. The Hall–Kier alpha value is -3.00. The first-order chi connectivity index (χ1) is 16.4. The lowest BCUT2D eigenvalue weighted by molar-refractivity contribution is 0.101. The normalized spacial score (nSPS) is 18.0. The van der Waals surface area contributed by atoms with Crippen molar-refractivity contribution >= 4 is 34.4 Å². The first kappa shape index (κ1) is 22.8. The second-order valence-electron chi connectivity index (χ2n) is 8.92. The molecular weight excluding hydrogens is 454 g/mol. The zero-order valence-electron chi connectivity index (χ0n) is 19.6. The molecule has 0 unspecified atom stereocenters. The summed E-state index contributed by atoms with van der Waals surface area (Å²) in [4.78, 5) is 17.9. The Labute approximate surface area is 203 Å². The van der Waals surface area contributed by atoms with Gasteiger partial charge in [0.25, 0.3) is 0 Å². The van der Waals surface area contributed by atoms with E-state index in [1.165, 1.54) is 12.1 Å². The molecular formula is C26H28ClN3O4. The van der Waals surface area contributed by atoms with Crippen molar-refractivity contribution in [3.8, 4) is 17.2 Å². The summed E-state index contributed by atoms with van der Waals surface area (Å²) in [6.07, 6.45) is 1.79. The number of halogens is 1. The average Bonchev–Trinajstić information content (AvgIpc) is 3.27. The van der Waals surface area contributed by atoms with E-state index in [9.17, 15) is 9.90 Å².